The minimum Gasteiger partial charge on any atom is -0.352 e. The molecule has 0 aliphatic heterocycles. The smallest absolute Gasteiger partial charge is 0.223 e. The van der Waals surface area contributed by atoms with Gasteiger partial charge in [-0.1, -0.05) is 27.7 Å². The second-order valence-electron chi connectivity index (χ2n) is 5.82. The van der Waals surface area contributed by atoms with Crippen LogP contribution in [-0.2, 0) is 4.79 Å². The summed E-state index contributed by atoms with van der Waals surface area (Å²) in [5, 5.41) is 3.05. The zero-order valence-electron chi connectivity index (χ0n) is 10.7. The fraction of sp³-hybridized carbons (Fsp3) is 0.917. The molecule has 0 bridgehead atoms. The van der Waals surface area contributed by atoms with E-state index in [4.69, 9.17) is 5.73 Å². The third-order valence-corrected chi connectivity index (χ3v) is 3.22. The van der Waals surface area contributed by atoms with Crippen LogP contribution >= 0.6 is 12.4 Å². The zero-order valence-corrected chi connectivity index (χ0v) is 11.6. The van der Waals surface area contributed by atoms with Crippen LogP contribution in [0.4, 0.5) is 0 Å². The highest BCUT2D eigenvalue weighted by Crippen LogP contribution is 2.51. The van der Waals surface area contributed by atoms with Crippen molar-refractivity contribution in [3.63, 3.8) is 0 Å². The van der Waals surface area contributed by atoms with Gasteiger partial charge in [-0.05, 0) is 24.2 Å². The van der Waals surface area contributed by atoms with Crippen molar-refractivity contribution in [3.8, 4) is 0 Å². The molecular formula is C12H25ClN2O. The van der Waals surface area contributed by atoms with Crippen LogP contribution in [0.2, 0.25) is 0 Å². The van der Waals surface area contributed by atoms with E-state index < -0.39 is 0 Å². The van der Waals surface area contributed by atoms with Crippen molar-refractivity contribution in [2.75, 3.05) is 6.54 Å². The summed E-state index contributed by atoms with van der Waals surface area (Å²) in [6, 6.07) is 0.147. The summed E-state index contributed by atoms with van der Waals surface area (Å²) in [6.07, 6.45) is 1.98. The quantitative estimate of drug-likeness (QED) is 0.781. The SMILES string of the molecule is CC(C)CC(CN)NC(=O)C1CC1(C)C.Cl. The van der Waals surface area contributed by atoms with Gasteiger partial charge in [0.1, 0.15) is 0 Å². The molecule has 1 saturated carbocycles. The number of carbonyl (C=O) groups is 1. The number of hydrogen-bond acceptors (Lipinski definition) is 2. The van der Waals surface area contributed by atoms with E-state index in [1.807, 2.05) is 0 Å². The summed E-state index contributed by atoms with van der Waals surface area (Å²) in [5.41, 5.74) is 5.85. The van der Waals surface area contributed by atoms with Gasteiger partial charge >= 0.3 is 0 Å². The molecule has 1 amide bonds. The lowest BCUT2D eigenvalue weighted by Crippen LogP contribution is -2.42. The average Bonchev–Trinajstić information content (AvgIpc) is 2.73. The van der Waals surface area contributed by atoms with Gasteiger partial charge in [0.05, 0.1) is 0 Å². The number of amides is 1. The first-order valence-electron chi connectivity index (χ1n) is 5.87. The molecule has 0 heterocycles. The van der Waals surface area contributed by atoms with Gasteiger partial charge in [0.25, 0.3) is 0 Å². The molecule has 96 valence electrons. The molecule has 3 N–H and O–H groups in total. The normalized spacial score (nSPS) is 23.5. The summed E-state index contributed by atoms with van der Waals surface area (Å²) in [4.78, 5) is 11.8. The number of nitrogens with one attached hydrogen (secondary N) is 1. The van der Waals surface area contributed by atoms with Crippen molar-refractivity contribution < 1.29 is 4.79 Å². The summed E-state index contributed by atoms with van der Waals surface area (Å²) >= 11 is 0. The first-order valence-corrected chi connectivity index (χ1v) is 5.87. The average molecular weight is 249 g/mol. The Morgan fingerprint density at radius 3 is 2.31 bits per heavy atom. The number of rotatable bonds is 5. The van der Waals surface area contributed by atoms with E-state index in [-0.39, 0.29) is 35.7 Å². The predicted molar refractivity (Wildman–Crippen MR) is 69.6 cm³/mol. The van der Waals surface area contributed by atoms with Crippen LogP contribution in [0.25, 0.3) is 0 Å². The maximum atomic E-state index is 11.8. The molecule has 1 aliphatic carbocycles. The van der Waals surface area contributed by atoms with E-state index in [0.29, 0.717) is 12.5 Å². The van der Waals surface area contributed by atoms with Gasteiger partial charge in [0.2, 0.25) is 5.91 Å². The van der Waals surface area contributed by atoms with E-state index in [1.165, 1.54) is 0 Å². The number of hydrogen-bond donors (Lipinski definition) is 2. The largest absolute Gasteiger partial charge is 0.352 e. The van der Waals surface area contributed by atoms with Crippen LogP contribution in [0, 0.1) is 17.3 Å². The first-order chi connectivity index (χ1) is 6.86. The van der Waals surface area contributed by atoms with E-state index in [0.717, 1.165) is 12.8 Å². The summed E-state index contributed by atoms with van der Waals surface area (Å²) in [5.74, 6) is 0.973. The molecule has 0 saturated heterocycles. The molecule has 16 heavy (non-hydrogen) atoms. The second kappa shape index (κ2) is 5.87. The van der Waals surface area contributed by atoms with E-state index in [2.05, 4.69) is 33.0 Å². The summed E-state index contributed by atoms with van der Waals surface area (Å²) in [6.45, 7) is 9.11. The van der Waals surface area contributed by atoms with Gasteiger partial charge in [-0.25, -0.2) is 0 Å². The van der Waals surface area contributed by atoms with Crippen LogP contribution in [0.15, 0.2) is 0 Å². The zero-order chi connectivity index (χ0) is 11.6. The Morgan fingerprint density at radius 2 is 2.00 bits per heavy atom. The summed E-state index contributed by atoms with van der Waals surface area (Å²) < 4.78 is 0. The van der Waals surface area contributed by atoms with E-state index >= 15 is 0 Å². The third-order valence-electron chi connectivity index (χ3n) is 3.22. The number of halogens is 1. The van der Waals surface area contributed by atoms with Crippen molar-refractivity contribution in [2.45, 2.75) is 46.6 Å². The van der Waals surface area contributed by atoms with Crippen molar-refractivity contribution >= 4 is 18.3 Å². The summed E-state index contributed by atoms with van der Waals surface area (Å²) in [7, 11) is 0. The Morgan fingerprint density at radius 1 is 1.50 bits per heavy atom. The predicted octanol–water partition coefficient (Wildman–Crippen LogP) is 1.94. The number of nitrogens with two attached hydrogens (primary N) is 1. The van der Waals surface area contributed by atoms with Crippen LogP contribution in [0.5, 0.6) is 0 Å². The topological polar surface area (TPSA) is 55.1 Å². The number of carbonyl (C=O) groups excluding carboxylic acids is 1. The molecular weight excluding hydrogens is 224 g/mol. The van der Waals surface area contributed by atoms with Crippen molar-refractivity contribution in [1.29, 1.82) is 0 Å². The van der Waals surface area contributed by atoms with Gasteiger partial charge < -0.3 is 11.1 Å². The lowest BCUT2D eigenvalue weighted by Gasteiger charge is -2.19. The molecule has 0 radical (unpaired) electrons. The second-order valence-corrected chi connectivity index (χ2v) is 5.82. The molecule has 0 aromatic heterocycles. The minimum atomic E-state index is 0. The Balaban J connectivity index is 0.00000225. The standard InChI is InChI=1S/C12H24N2O.ClH/c1-8(2)5-9(7-13)14-11(15)10-6-12(10,3)4;/h8-10H,5-7,13H2,1-4H3,(H,14,15);1H. The highest BCUT2D eigenvalue weighted by molar-refractivity contribution is 5.85. The fourth-order valence-corrected chi connectivity index (χ4v) is 2.00. The van der Waals surface area contributed by atoms with E-state index in [9.17, 15) is 4.79 Å². The Kier molecular flexibility index (Phi) is 5.77. The van der Waals surface area contributed by atoms with Gasteiger partial charge in [-0.2, -0.15) is 0 Å². The highest BCUT2D eigenvalue weighted by Gasteiger charge is 2.50. The van der Waals surface area contributed by atoms with Gasteiger partial charge in [-0.3, -0.25) is 4.79 Å². The molecule has 1 rings (SSSR count). The molecule has 2 unspecified atom stereocenters. The first kappa shape index (κ1) is 15.7. The molecule has 1 aliphatic rings. The Bertz CT molecular complexity index is 241. The van der Waals surface area contributed by atoms with Crippen molar-refractivity contribution in [3.05, 3.63) is 0 Å². The lowest BCUT2D eigenvalue weighted by molar-refractivity contribution is -0.123. The monoisotopic (exact) mass is 248 g/mol. The van der Waals surface area contributed by atoms with Crippen LogP contribution in [0.1, 0.15) is 40.5 Å². The molecule has 0 aromatic rings. The van der Waals surface area contributed by atoms with Gasteiger partial charge in [-0.15, -0.1) is 12.4 Å². The van der Waals surface area contributed by atoms with E-state index in [1.54, 1.807) is 0 Å². The maximum Gasteiger partial charge on any atom is 0.223 e. The van der Waals surface area contributed by atoms with Gasteiger partial charge in [0.15, 0.2) is 0 Å². The van der Waals surface area contributed by atoms with Crippen LogP contribution < -0.4 is 11.1 Å². The molecule has 2 atom stereocenters. The van der Waals surface area contributed by atoms with Gasteiger partial charge in [0, 0.05) is 18.5 Å². The van der Waals surface area contributed by atoms with Crippen molar-refractivity contribution in [2.24, 2.45) is 23.0 Å². The van der Waals surface area contributed by atoms with Crippen LogP contribution in [-0.4, -0.2) is 18.5 Å². The fourth-order valence-electron chi connectivity index (χ4n) is 2.00. The lowest BCUT2D eigenvalue weighted by atomic mass is 10.0. The molecule has 1 fully saturated rings. The molecule has 4 heteroatoms. The minimum absolute atomic E-state index is 0. The third kappa shape index (κ3) is 4.30. The van der Waals surface area contributed by atoms with Crippen LogP contribution in [0.3, 0.4) is 0 Å². The molecule has 3 nitrogen and oxygen atoms in total. The maximum absolute atomic E-state index is 11.8. The molecule has 0 spiro atoms. The Hall–Kier alpha value is -0.280. The highest BCUT2D eigenvalue weighted by atomic mass is 35.5. The van der Waals surface area contributed by atoms with Crippen molar-refractivity contribution in [1.82, 2.24) is 5.32 Å². The Labute approximate surface area is 105 Å². The molecule has 0 aromatic carbocycles.